The fourth-order valence-electron chi connectivity index (χ4n) is 2.56. The van der Waals surface area contributed by atoms with Crippen molar-refractivity contribution in [2.75, 3.05) is 5.32 Å². The molecule has 1 aliphatic carbocycles. The molecular formula is C15H13ClFNO. The minimum Gasteiger partial charge on any atom is -0.508 e. The molecule has 0 aliphatic heterocycles. The highest BCUT2D eigenvalue weighted by atomic mass is 35.5. The number of rotatable bonds is 2. The second kappa shape index (κ2) is 4.74. The van der Waals surface area contributed by atoms with E-state index in [1.165, 1.54) is 6.07 Å². The minimum atomic E-state index is -0.420. The Morgan fingerprint density at radius 3 is 2.95 bits per heavy atom. The molecule has 3 rings (SSSR count). The number of phenols is 1. The monoisotopic (exact) mass is 277 g/mol. The van der Waals surface area contributed by atoms with Crippen LogP contribution in [0, 0.1) is 5.82 Å². The number of phenolic OH excluding ortho intramolecular Hbond substituents is 1. The first kappa shape index (κ1) is 12.3. The number of halogens is 2. The van der Waals surface area contributed by atoms with Gasteiger partial charge in [-0.2, -0.15) is 0 Å². The second-order valence-corrected chi connectivity index (χ2v) is 5.13. The van der Waals surface area contributed by atoms with Crippen molar-refractivity contribution < 1.29 is 9.50 Å². The highest BCUT2D eigenvalue weighted by Crippen LogP contribution is 2.36. The van der Waals surface area contributed by atoms with Gasteiger partial charge in [0.1, 0.15) is 5.75 Å². The van der Waals surface area contributed by atoms with E-state index >= 15 is 0 Å². The van der Waals surface area contributed by atoms with Crippen LogP contribution in [0.3, 0.4) is 0 Å². The molecule has 2 N–H and O–H groups in total. The summed E-state index contributed by atoms with van der Waals surface area (Å²) in [5.74, 6) is -0.148. The number of hydrogen-bond acceptors (Lipinski definition) is 2. The molecule has 2 aromatic carbocycles. The van der Waals surface area contributed by atoms with Crippen LogP contribution in [-0.4, -0.2) is 5.11 Å². The molecule has 0 heterocycles. The van der Waals surface area contributed by atoms with Gasteiger partial charge in [0, 0.05) is 0 Å². The molecule has 2 nitrogen and oxygen atoms in total. The number of aromatic hydroxyl groups is 1. The van der Waals surface area contributed by atoms with E-state index in [1.807, 2.05) is 6.07 Å². The molecule has 0 fully saturated rings. The second-order valence-electron chi connectivity index (χ2n) is 4.72. The summed E-state index contributed by atoms with van der Waals surface area (Å²) in [4.78, 5) is 0. The predicted octanol–water partition coefficient (Wildman–Crippen LogP) is 4.28. The fraction of sp³-hybridized carbons (Fsp3) is 0.200. The van der Waals surface area contributed by atoms with Crippen molar-refractivity contribution in [3.63, 3.8) is 0 Å². The smallest absolute Gasteiger partial charge is 0.164 e. The van der Waals surface area contributed by atoms with Crippen molar-refractivity contribution in [1.29, 1.82) is 0 Å². The van der Waals surface area contributed by atoms with Gasteiger partial charge in [-0.05, 0) is 48.2 Å². The lowest BCUT2D eigenvalue weighted by Crippen LogP contribution is -2.08. The third-order valence-corrected chi connectivity index (χ3v) is 3.78. The van der Waals surface area contributed by atoms with Crippen molar-refractivity contribution in [2.45, 2.75) is 18.9 Å². The van der Waals surface area contributed by atoms with E-state index in [0.717, 1.165) is 24.0 Å². The van der Waals surface area contributed by atoms with Crippen LogP contribution in [-0.2, 0) is 6.42 Å². The Morgan fingerprint density at radius 2 is 2.11 bits per heavy atom. The Labute approximate surface area is 115 Å². The molecule has 1 atom stereocenters. The number of nitrogens with one attached hydrogen (secondary N) is 1. The molecule has 1 aliphatic rings. The molecule has 0 aromatic heterocycles. The van der Waals surface area contributed by atoms with Crippen LogP contribution in [0.4, 0.5) is 10.1 Å². The van der Waals surface area contributed by atoms with Gasteiger partial charge in [-0.15, -0.1) is 0 Å². The normalized spacial score (nSPS) is 17.3. The zero-order chi connectivity index (χ0) is 13.4. The van der Waals surface area contributed by atoms with Crippen LogP contribution >= 0.6 is 11.6 Å². The van der Waals surface area contributed by atoms with Crippen LogP contribution in [0.2, 0.25) is 5.02 Å². The molecule has 0 saturated heterocycles. The van der Waals surface area contributed by atoms with Crippen molar-refractivity contribution in [1.82, 2.24) is 0 Å². The molecule has 4 heteroatoms. The number of aryl methyl sites for hydroxylation is 1. The lowest BCUT2D eigenvalue weighted by atomic mass is 10.1. The average molecular weight is 278 g/mol. The molecule has 0 spiro atoms. The highest BCUT2D eigenvalue weighted by Gasteiger charge is 2.23. The van der Waals surface area contributed by atoms with Gasteiger partial charge in [0.15, 0.2) is 5.82 Å². The van der Waals surface area contributed by atoms with Gasteiger partial charge in [0.05, 0.1) is 16.8 Å². The third-order valence-electron chi connectivity index (χ3n) is 3.49. The van der Waals surface area contributed by atoms with Gasteiger partial charge in [0.2, 0.25) is 0 Å². The Bertz CT molecular complexity index is 630. The molecule has 0 bridgehead atoms. The maximum Gasteiger partial charge on any atom is 0.164 e. The lowest BCUT2D eigenvalue weighted by Gasteiger charge is -2.16. The van der Waals surface area contributed by atoms with E-state index < -0.39 is 5.82 Å². The van der Waals surface area contributed by atoms with Gasteiger partial charge in [0.25, 0.3) is 0 Å². The summed E-state index contributed by atoms with van der Waals surface area (Å²) in [5.41, 5.74) is 2.63. The zero-order valence-corrected chi connectivity index (χ0v) is 10.9. The van der Waals surface area contributed by atoms with Crippen LogP contribution in [0.15, 0.2) is 36.4 Å². The summed E-state index contributed by atoms with van der Waals surface area (Å²) in [6.45, 7) is 0. The quantitative estimate of drug-likeness (QED) is 0.858. The van der Waals surface area contributed by atoms with Gasteiger partial charge >= 0.3 is 0 Å². The van der Waals surface area contributed by atoms with E-state index in [0.29, 0.717) is 5.69 Å². The summed E-state index contributed by atoms with van der Waals surface area (Å²) in [5, 5.41) is 12.8. The summed E-state index contributed by atoms with van der Waals surface area (Å²) in [6.07, 6.45) is 1.76. The topological polar surface area (TPSA) is 32.3 Å². The number of hydrogen-bond donors (Lipinski definition) is 2. The highest BCUT2D eigenvalue weighted by molar-refractivity contribution is 6.31. The maximum absolute atomic E-state index is 13.9. The van der Waals surface area contributed by atoms with E-state index in [-0.39, 0.29) is 16.8 Å². The third kappa shape index (κ3) is 2.26. The summed E-state index contributed by atoms with van der Waals surface area (Å²) in [7, 11) is 0. The molecule has 2 aromatic rings. The van der Waals surface area contributed by atoms with Crippen molar-refractivity contribution in [2.24, 2.45) is 0 Å². The van der Waals surface area contributed by atoms with Crippen LogP contribution in [0.5, 0.6) is 5.75 Å². The van der Waals surface area contributed by atoms with Crippen LogP contribution < -0.4 is 5.32 Å². The maximum atomic E-state index is 13.9. The van der Waals surface area contributed by atoms with E-state index in [2.05, 4.69) is 5.32 Å². The Morgan fingerprint density at radius 1 is 1.26 bits per heavy atom. The van der Waals surface area contributed by atoms with E-state index in [4.69, 9.17) is 11.6 Å². The number of benzene rings is 2. The molecule has 0 amide bonds. The van der Waals surface area contributed by atoms with Crippen molar-refractivity contribution >= 4 is 17.3 Å². The number of fused-ring (bicyclic) bond motifs is 1. The van der Waals surface area contributed by atoms with Crippen LogP contribution in [0.25, 0.3) is 0 Å². The Kier molecular flexibility index (Phi) is 3.07. The van der Waals surface area contributed by atoms with Gasteiger partial charge in [-0.25, -0.2) is 4.39 Å². The fourth-order valence-corrected chi connectivity index (χ4v) is 2.73. The predicted molar refractivity (Wildman–Crippen MR) is 74.2 cm³/mol. The largest absolute Gasteiger partial charge is 0.508 e. The average Bonchev–Trinajstić information content (AvgIpc) is 2.77. The summed E-state index contributed by atoms with van der Waals surface area (Å²) >= 11 is 5.77. The standard InChI is InChI=1S/C15H13ClFNO/c16-12-2-1-3-14(15(12)17)18-13-7-4-9-8-10(19)5-6-11(9)13/h1-3,5-6,8,13,18-19H,4,7H2. The van der Waals surface area contributed by atoms with Crippen molar-refractivity contribution in [3.8, 4) is 5.75 Å². The first-order chi connectivity index (χ1) is 9.15. The molecule has 98 valence electrons. The first-order valence-electron chi connectivity index (χ1n) is 6.17. The molecule has 19 heavy (non-hydrogen) atoms. The zero-order valence-electron chi connectivity index (χ0n) is 10.2. The summed E-state index contributed by atoms with van der Waals surface area (Å²) < 4.78 is 13.9. The molecule has 1 unspecified atom stereocenters. The van der Waals surface area contributed by atoms with Gasteiger partial charge in [-0.1, -0.05) is 23.7 Å². The Balaban J connectivity index is 1.89. The molecular weight excluding hydrogens is 265 g/mol. The van der Waals surface area contributed by atoms with Gasteiger partial charge < -0.3 is 10.4 Å². The van der Waals surface area contributed by atoms with E-state index in [1.54, 1.807) is 24.3 Å². The van der Waals surface area contributed by atoms with Gasteiger partial charge in [-0.3, -0.25) is 0 Å². The summed E-state index contributed by atoms with van der Waals surface area (Å²) in [6, 6.07) is 10.3. The SMILES string of the molecule is Oc1ccc2c(c1)CCC2Nc1cccc(Cl)c1F. The Hall–Kier alpha value is -1.74. The lowest BCUT2D eigenvalue weighted by molar-refractivity contribution is 0.474. The molecule has 0 saturated carbocycles. The minimum absolute atomic E-state index is 0.0589. The number of anilines is 1. The first-order valence-corrected chi connectivity index (χ1v) is 6.55. The van der Waals surface area contributed by atoms with Crippen molar-refractivity contribution in [3.05, 3.63) is 58.4 Å². The molecule has 0 radical (unpaired) electrons. The van der Waals surface area contributed by atoms with E-state index in [9.17, 15) is 9.50 Å². The van der Waals surface area contributed by atoms with Crippen LogP contribution in [0.1, 0.15) is 23.6 Å².